The zero-order valence-corrected chi connectivity index (χ0v) is 11.7. The maximum absolute atomic E-state index is 11.8. The fourth-order valence-corrected chi connectivity index (χ4v) is 3.36. The first kappa shape index (κ1) is 13.3. The maximum Gasteiger partial charge on any atom is 0.225 e. The second kappa shape index (κ2) is 6.14. The summed E-state index contributed by atoms with van der Waals surface area (Å²) >= 11 is 1.79. The number of unbranched alkanes of at least 4 members (excludes halogenated alkanes) is 1. The van der Waals surface area contributed by atoms with Gasteiger partial charge in [-0.2, -0.15) is 0 Å². The van der Waals surface area contributed by atoms with Crippen molar-refractivity contribution in [2.24, 2.45) is 0 Å². The summed E-state index contributed by atoms with van der Waals surface area (Å²) in [4.78, 5) is 12.9. The van der Waals surface area contributed by atoms with Gasteiger partial charge in [-0.15, -0.1) is 11.8 Å². The number of methoxy groups -OCH3 is 1. The Labute approximate surface area is 112 Å². The van der Waals surface area contributed by atoms with Gasteiger partial charge in [0.15, 0.2) is 0 Å². The lowest BCUT2D eigenvalue weighted by Gasteiger charge is -2.12. The second-order valence-corrected chi connectivity index (χ2v) is 5.84. The van der Waals surface area contributed by atoms with Crippen molar-refractivity contribution in [2.75, 3.05) is 12.4 Å². The highest BCUT2D eigenvalue weighted by atomic mass is 32.2. The van der Waals surface area contributed by atoms with Crippen LogP contribution in [0.1, 0.15) is 32.6 Å². The summed E-state index contributed by atoms with van der Waals surface area (Å²) in [5.74, 6) is 0.958. The van der Waals surface area contributed by atoms with Crippen LogP contribution in [0, 0.1) is 0 Å². The fourth-order valence-electron chi connectivity index (χ4n) is 2.05. The minimum Gasteiger partial charge on any atom is -0.497 e. The summed E-state index contributed by atoms with van der Waals surface area (Å²) in [6, 6.07) is 5.80. The van der Waals surface area contributed by atoms with Crippen molar-refractivity contribution in [1.29, 1.82) is 0 Å². The summed E-state index contributed by atoms with van der Waals surface area (Å²) in [7, 11) is 1.66. The first-order valence-electron chi connectivity index (χ1n) is 6.37. The van der Waals surface area contributed by atoms with Crippen LogP contribution in [0.4, 0.5) is 5.69 Å². The molecule has 0 bridgehead atoms. The summed E-state index contributed by atoms with van der Waals surface area (Å²) in [5, 5.41) is 3.34. The van der Waals surface area contributed by atoms with E-state index in [1.165, 1.54) is 12.8 Å². The van der Waals surface area contributed by atoms with E-state index < -0.39 is 0 Å². The van der Waals surface area contributed by atoms with Crippen LogP contribution in [0.5, 0.6) is 5.75 Å². The van der Waals surface area contributed by atoms with E-state index in [0.29, 0.717) is 11.7 Å². The minimum atomic E-state index is 0.118. The van der Waals surface area contributed by atoms with Gasteiger partial charge in [0.05, 0.1) is 12.8 Å². The Morgan fingerprint density at radius 3 is 3.06 bits per heavy atom. The third-order valence-electron chi connectivity index (χ3n) is 3.05. The first-order chi connectivity index (χ1) is 8.72. The lowest BCUT2D eigenvalue weighted by Crippen LogP contribution is -2.15. The third-order valence-corrected chi connectivity index (χ3v) is 4.38. The van der Waals surface area contributed by atoms with Crippen molar-refractivity contribution < 1.29 is 9.53 Å². The Kier molecular flexibility index (Phi) is 4.53. The number of hydrogen-bond acceptors (Lipinski definition) is 3. The molecule has 1 unspecified atom stereocenters. The van der Waals surface area contributed by atoms with Crippen molar-refractivity contribution in [3.05, 3.63) is 18.2 Å². The number of anilines is 1. The molecule has 1 heterocycles. The molecule has 1 aliphatic rings. The molecule has 18 heavy (non-hydrogen) atoms. The lowest BCUT2D eigenvalue weighted by molar-refractivity contribution is -0.116. The molecule has 1 aromatic carbocycles. The minimum absolute atomic E-state index is 0.118. The van der Waals surface area contributed by atoms with Crippen molar-refractivity contribution in [2.45, 2.75) is 42.8 Å². The molecule has 3 nitrogen and oxygen atoms in total. The molecule has 0 radical (unpaired) electrons. The van der Waals surface area contributed by atoms with Crippen LogP contribution in [0.3, 0.4) is 0 Å². The van der Waals surface area contributed by atoms with Crippen LogP contribution in [0.15, 0.2) is 23.1 Å². The van der Waals surface area contributed by atoms with E-state index in [0.717, 1.165) is 22.8 Å². The van der Waals surface area contributed by atoms with E-state index in [9.17, 15) is 4.79 Å². The average Bonchev–Trinajstić information content (AvgIpc) is 2.53. The van der Waals surface area contributed by atoms with Crippen molar-refractivity contribution in [3.8, 4) is 5.75 Å². The predicted molar refractivity (Wildman–Crippen MR) is 75.4 cm³/mol. The molecule has 4 heteroatoms. The van der Waals surface area contributed by atoms with Crippen molar-refractivity contribution >= 4 is 23.4 Å². The Bertz CT molecular complexity index is 434. The lowest BCUT2D eigenvalue weighted by atomic mass is 10.1. The van der Waals surface area contributed by atoms with Crippen molar-refractivity contribution in [3.63, 3.8) is 0 Å². The standard InChI is InChI=1S/C14H19NO2S/c1-3-4-5-11-9-14(16)15-12-7-6-10(17-2)8-13(12)18-11/h6-8,11H,3-5,9H2,1-2H3,(H,15,16). The number of carbonyl (C=O) groups is 1. The van der Waals surface area contributed by atoms with Gasteiger partial charge in [-0.25, -0.2) is 0 Å². The molecule has 1 aromatic rings. The van der Waals surface area contributed by atoms with Gasteiger partial charge < -0.3 is 10.1 Å². The van der Waals surface area contributed by atoms with E-state index in [1.807, 2.05) is 18.2 Å². The predicted octanol–water partition coefficient (Wildman–Crippen LogP) is 3.69. The smallest absolute Gasteiger partial charge is 0.225 e. The number of ether oxygens (including phenoxy) is 1. The zero-order chi connectivity index (χ0) is 13.0. The van der Waals surface area contributed by atoms with Gasteiger partial charge in [-0.05, 0) is 24.6 Å². The number of thioether (sulfide) groups is 1. The molecule has 98 valence electrons. The molecule has 1 N–H and O–H groups in total. The highest BCUT2D eigenvalue weighted by Crippen LogP contribution is 2.38. The van der Waals surface area contributed by atoms with Crippen LogP contribution in [0.2, 0.25) is 0 Å². The Morgan fingerprint density at radius 2 is 2.33 bits per heavy atom. The highest BCUT2D eigenvalue weighted by molar-refractivity contribution is 8.00. The summed E-state index contributed by atoms with van der Waals surface area (Å²) in [6.07, 6.45) is 4.03. The Balaban J connectivity index is 2.20. The Hall–Kier alpha value is -1.16. The van der Waals surface area contributed by atoms with Gasteiger partial charge in [-0.3, -0.25) is 4.79 Å². The van der Waals surface area contributed by atoms with Gasteiger partial charge in [0.2, 0.25) is 5.91 Å². The van der Waals surface area contributed by atoms with Gasteiger partial charge in [0.25, 0.3) is 0 Å². The largest absolute Gasteiger partial charge is 0.497 e. The van der Waals surface area contributed by atoms with E-state index in [4.69, 9.17) is 4.74 Å². The first-order valence-corrected chi connectivity index (χ1v) is 7.25. The van der Waals surface area contributed by atoms with Gasteiger partial charge in [-0.1, -0.05) is 19.8 Å². The maximum atomic E-state index is 11.8. The van der Waals surface area contributed by atoms with Crippen LogP contribution in [-0.2, 0) is 4.79 Å². The molecular weight excluding hydrogens is 246 g/mol. The Morgan fingerprint density at radius 1 is 1.50 bits per heavy atom. The number of hydrogen-bond donors (Lipinski definition) is 1. The van der Waals surface area contributed by atoms with Crippen LogP contribution in [-0.4, -0.2) is 18.3 Å². The summed E-state index contributed by atoms with van der Waals surface area (Å²) in [6.45, 7) is 2.18. The number of nitrogens with one attached hydrogen (secondary N) is 1. The second-order valence-electron chi connectivity index (χ2n) is 4.50. The number of fused-ring (bicyclic) bond motifs is 1. The van der Waals surface area contributed by atoms with Crippen LogP contribution in [0.25, 0.3) is 0 Å². The van der Waals surface area contributed by atoms with Crippen LogP contribution >= 0.6 is 11.8 Å². The van der Waals surface area contributed by atoms with Crippen molar-refractivity contribution in [1.82, 2.24) is 0 Å². The van der Waals surface area contributed by atoms with Gasteiger partial charge >= 0.3 is 0 Å². The topological polar surface area (TPSA) is 38.3 Å². The van der Waals surface area contributed by atoms with Gasteiger partial charge in [0.1, 0.15) is 5.75 Å². The number of benzene rings is 1. The molecule has 1 atom stereocenters. The molecule has 1 aliphatic heterocycles. The molecule has 0 aliphatic carbocycles. The SMILES string of the molecule is CCCCC1CC(=O)Nc2ccc(OC)cc2S1. The normalized spacial score (nSPS) is 18.8. The number of rotatable bonds is 4. The van der Waals surface area contributed by atoms with Gasteiger partial charge in [0, 0.05) is 16.6 Å². The summed E-state index contributed by atoms with van der Waals surface area (Å²) in [5.41, 5.74) is 0.907. The molecule has 0 aromatic heterocycles. The molecule has 0 saturated heterocycles. The van der Waals surface area contributed by atoms with E-state index >= 15 is 0 Å². The number of carbonyl (C=O) groups excluding carboxylic acids is 1. The highest BCUT2D eigenvalue weighted by Gasteiger charge is 2.22. The van der Waals surface area contributed by atoms with E-state index in [1.54, 1.807) is 18.9 Å². The fraction of sp³-hybridized carbons (Fsp3) is 0.500. The quantitative estimate of drug-likeness (QED) is 0.902. The summed E-state index contributed by atoms with van der Waals surface area (Å²) < 4.78 is 5.24. The number of amides is 1. The molecule has 0 fully saturated rings. The third kappa shape index (κ3) is 3.19. The monoisotopic (exact) mass is 265 g/mol. The molecular formula is C14H19NO2S. The van der Waals surface area contributed by atoms with E-state index in [-0.39, 0.29) is 5.91 Å². The molecule has 0 saturated carbocycles. The van der Waals surface area contributed by atoms with E-state index in [2.05, 4.69) is 12.2 Å². The molecule has 2 rings (SSSR count). The average molecular weight is 265 g/mol. The molecule has 0 spiro atoms. The van der Waals surface area contributed by atoms with Crippen LogP contribution < -0.4 is 10.1 Å². The molecule has 1 amide bonds. The zero-order valence-electron chi connectivity index (χ0n) is 10.9.